The van der Waals surface area contributed by atoms with Crippen molar-refractivity contribution in [1.82, 2.24) is 0 Å². The summed E-state index contributed by atoms with van der Waals surface area (Å²) in [6.07, 6.45) is -12.5. The summed E-state index contributed by atoms with van der Waals surface area (Å²) in [7, 11) is 1.37. The van der Waals surface area contributed by atoms with Gasteiger partial charge in [0, 0.05) is 6.08 Å². The van der Waals surface area contributed by atoms with Crippen LogP contribution in [0, 0.1) is 0 Å². The fourth-order valence-electron chi connectivity index (χ4n) is 3.61. The average Bonchev–Trinajstić information content (AvgIpc) is 2.84. The molecule has 1 aromatic carbocycles. The molecule has 35 heavy (non-hydrogen) atoms. The van der Waals surface area contributed by atoms with Crippen molar-refractivity contribution in [3.05, 3.63) is 29.8 Å². The van der Waals surface area contributed by atoms with Crippen LogP contribution in [-0.4, -0.2) is 117 Å². The Morgan fingerprint density at radius 2 is 1.60 bits per heavy atom. The van der Waals surface area contributed by atoms with Gasteiger partial charge in [-0.3, -0.25) is 0 Å². The van der Waals surface area contributed by atoms with E-state index in [1.807, 2.05) is 0 Å². The highest BCUT2D eigenvalue weighted by Crippen LogP contribution is 2.28. The van der Waals surface area contributed by atoms with Crippen molar-refractivity contribution >= 4 is 12.0 Å². The quantitative estimate of drug-likeness (QED) is 0.154. The number of hydrogen-bond acceptors (Lipinski definition) is 13. The van der Waals surface area contributed by atoms with Gasteiger partial charge < -0.3 is 59.4 Å². The topological polar surface area (TPSA) is 205 Å². The van der Waals surface area contributed by atoms with Gasteiger partial charge in [0.1, 0.15) is 42.7 Å². The van der Waals surface area contributed by atoms with Crippen LogP contribution < -0.4 is 4.74 Å². The first-order chi connectivity index (χ1) is 16.5. The highest BCUT2D eigenvalue weighted by molar-refractivity contribution is 5.87. The van der Waals surface area contributed by atoms with Gasteiger partial charge in [0.05, 0.1) is 19.8 Å². The number of benzene rings is 1. The van der Waals surface area contributed by atoms with Crippen molar-refractivity contribution in [2.24, 2.45) is 0 Å². The molecule has 0 aliphatic carbocycles. The molecule has 196 valence electrons. The zero-order valence-electron chi connectivity index (χ0n) is 18.9. The van der Waals surface area contributed by atoms with Crippen molar-refractivity contribution in [1.29, 1.82) is 0 Å². The molecule has 0 saturated carbocycles. The zero-order chi connectivity index (χ0) is 25.9. The maximum Gasteiger partial charge on any atom is 0.333 e. The number of phenolic OH excluding ortho intramolecular Hbond substituents is 1. The Kier molecular flexibility index (Phi) is 9.04. The van der Waals surface area contributed by atoms with Gasteiger partial charge in [-0.1, -0.05) is 6.07 Å². The van der Waals surface area contributed by atoms with E-state index in [2.05, 4.69) is 0 Å². The van der Waals surface area contributed by atoms with E-state index in [0.29, 0.717) is 5.56 Å². The second-order valence-electron chi connectivity index (χ2n) is 8.23. The van der Waals surface area contributed by atoms with E-state index < -0.39 is 74.0 Å². The Bertz CT molecular complexity index is 892. The number of ether oxygens (including phenoxy) is 5. The molecule has 2 fully saturated rings. The lowest BCUT2D eigenvalue weighted by molar-refractivity contribution is -0.323. The van der Waals surface area contributed by atoms with Crippen molar-refractivity contribution in [2.45, 2.75) is 68.3 Å². The zero-order valence-corrected chi connectivity index (χ0v) is 18.9. The van der Waals surface area contributed by atoms with E-state index in [-0.39, 0.29) is 11.5 Å². The molecule has 0 bridgehead atoms. The summed E-state index contributed by atoms with van der Waals surface area (Å²) in [6.45, 7) is 0.971. The Balaban J connectivity index is 1.60. The standard InChI is InChI=1S/C22H30O13/c1-9-15(25)17(27)19(29)21(33-9)32-8-13-16(26)18(28)20(30)22(34-13)35-14(24)6-4-10-3-5-11(23)12(7-10)31-2/h3-7,9,13,15-23,25-30H,8H2,1-2H3. The van der Waals surface area contributed by atoms with Crippen molar-refractivity contribution < 1.29 is 64.2 Å². The van der Waals surface area contributed by atoms with Crippen LogP contribution in [0.5, 0.6) is 11.5 Å². The molecule has 7 N–H and O–H groups in total. The molecule has 13 heteroatoms. The number of methoxy groups -OCH3 is 1. The summed E-state index contributed by atoms with van der Waals surface area (Å²) >= 11 is 0. The summed E-state index contributed by atoms with van der Waals surface area (Å²) in [5.74, 6) is -0.839. The number of phenols is 1. The third-order valence-electron chi connectivity index (χ3n) is 5.75. The molecular formula is C22H30O13. The SMILES string of the molecule is COc1cc(C=CC(=O)OC2OC(COC3OC(C)C(O)C(O)C3O)C(O)C(O)C2O)ccc1O. The fourth-order valence-corrected chi connectivity index (χ4v) is 3.61. The maximum atomic E-state index is 12.2. The molecule has 2 aliphatic heterocycles. The van der Waals surface area contributed by atoms with E-state index >= 15 is 0 Å². The Morgan fingerprint density at radius 1 is 0.943 bits per heavy atom. The first-order valence-corrected chi connectivity index (χ1v) is 10.8. The first-order valence-electron chi connectivity index (χ1n) is 10.8. The van der Waals surface area contributed by atoms with Crippen molar-refractivity contribution in [3.8, 4) is 11.5 Å². The summed E-state index contributed by atoms with van der Waals surface area (Å²) in [5.41, 5.74) is 0.496. The second-order valence-corrected chi connectivity index (χ2v) is 8.23. The number of esters is 1. The Morgan fingerprint density at radius 3 is 2.29 bits per heavy atom. The van der Waals surface area contributed by atoms with Gasteiger partial charge in [-0.2, -0.15) is 0 Å². The lowest BCUT2D eigenvalue weighted by Gasteiger charge is -2.42. The number of rotatable bonds is 7. The molecule has 0 aromatic heterocycles. The van der Waals surface area contributed by atoms with Gasteiger partial charge in [0.2, 0.25) is 6.29 Å². The van der Waals surface area contributed by atoms with E-state index in [1.54, 1.807) is 0 Å². The molecule has 2 heterocycles. The summed E-state index contributed by atoms with van der Waals surface area (Å²) < 4.78 is 26.1. The molecule has 10 atom stereocenters. The largest absolute Gasteiger partial charge is 0.504 e. The van der Waals surface area contributed by atoms with E-state index in [0.717, 1.165) is 6.08 Å². The lowest BCUT2D eigenvalue weighted by Crippen LogP contribution is -2.61. The number of aliphatic hydroxyl groups excluding tert-OH is 6. The number of aliphatic hydroxyl groups is 6. The molecule has 1 aromatic rings. The minimum Gasteiger partial charge on any atom is -0.504 e. The monoisotopic (exact) mass is 502 g/mol. The van der Waals surface area contributed by atoms with Gasteiger partial charge in [-0.15, -0.1) is 0 Å². The predicted octanol–water partition coefficient (Wildman–Crippen LogP) is -2.39. The molecule has 2 aliphatic rings. The smallest absolute Gasteiger partial charge is 0.333 e. The molecule has 2 saturated heterocycles. The lowest BCUT2D eigenvalue weighted by atomic mass is 9.98. The van der Waals surface area contributed by atoms with Gasteiger partial charge in [-0.05, 0) is 30.7 Å². The highest BCUT2D eigenvalue weighted by Gasteiger charge is 2.47. The molecule has 0 radical (unpaired) electrons. The normalized spacial score (nSPS) is 37.8. The number of aromatic hydroxyl groups is 1. The van der Waals surface area contributed by atoms with Crippen LogP contribution in [0.25, 0.3) is 6.08 Å². The van der Waals surface area contributed by atoms with Crippen LogP contribution in [-0.2, 0) is 23.7 Å². The minimum absolute atomic E-state index is 0.0851. The van der Waals surface area contributed by atoms with Gasteiger partial charge in [0.15, 0.2) is 17.8 Å². The molecule has 0 spiro atoms. The third-order valence-corrected chi connectivity index (χ3v) is 5.75. The predicted molar refractivity (Wildman–Crippen MR) is 115 cm³/mol. The Hall–Kier alpha value is -2.33. The number of hydrogen-bond donors (Lipinski definition) is 7. The van der Waals surface area contributed by atoms with Crippen LogP contribution in [0.1, 0.15) is 12.5 Å². The van der Waals surface area contributed by atoms with Gasteiger partial charge in [-0.25, -0.2) is 4.79 Å². The van der Waals surface area contributed by atoms with E-state index in [9.17, 15) is 40.5 Å². The van der Waals surface area contributed by atoms with Crippen LogP contribution in [0.15, 0.2) is 24.3 Å². The highest BCUT2D eigenvalue weighted by atomic mass is 16.7. The Labute approximate surface area is 200 Å². The number of carbonyl (C=O) groups is 1. The molecule has 13 nitrogen and oxygen atoms in total. The molecule has 10 unspecified atom stereocenters. The van der Waals surface area contributed by atoms with Crippen molar-refractivity contribution in [2.75, 3.05) is 13.7 Å². The maximum absolute atomic E-state index is 12.2. The number of carbonyl (C=O) groups excluding carboxylic acids is 1. The van der Waals surface area contributed by atoms with Crippen LogP contribution in [0.3, 0.4) is 0 Å². The first kappa shape index (κ1) is 27.3. The summed E-state index contributed by atoms with van der Waals surface area (Å²) in [6, 6.07) is 4.35. The van der Waals surface area contributed by atoms with E-state index in [4.69, 9.17) is 23.7 Å². The minimum atomic E-state index is -1.78. The fraction of sp³-hybridized carbons (Fsp3) is 0.591. The molecule has 0 amide bonds. The van der Waals surface area contributed by atoms with Crippen LogP contribution in [0.4, 0.5) is 0 Å². The van der Waals surface area contributed by atoms with E-state index in [1.165, 1.54) is 38.3 Å². The molecule has 3 rings (SSSR count). The average molecular weight is 502 g/mol. The van der Waals surface area contributed by atoms with Crippen LogP contribution >= 0.6 is 0 Å². The van der Waals surface area contributed by atoms with Crippen LogP contribution in [0.2, 0.25) is 0 Å². The summed E-state index contributed by atoms with van der Waals surface area (Å²) in [5, 5.41) is 69.8. The third kappa shape index (κ3) is 6.27. The summed E-state index contributed by atoms with van der Waals surface area (Å²) in [4.78, 5) is 12.2. The van der Waals surface area contributed by atoms with Crippen molar-refractivity contribution in [3.63, 3.8) is 0 Å². The van der Waals surface area contributed by atoms with Gasteiger partial charge in [0.25, 0.3) is 0 Å². The van der Waals surface area contributed by atoms with Gasteiger partial charge >= 0.3 is 5.97 Å². The second kappa shape index (κ2) is 11.6. The molecular weight excluding hydrogens is 472 g/mol.